The predicted octanol–water partition coefficient (Wildman–Crippen LogP) is 3.57. The lowest BCUT2D eigenvalue weighted by molar-refractivity contribution is 0.306. The molecule has 6 heteroatoms. The lowest BCUT2D eigenvalue weighted by atomic mass is 10.1. The van der Waals surface area contributed by atoms with Crippen LogP contribution in [0.4, 0.5) is 0 Å². The first kappa shape index (κ1) is 17.7. The van der Waals surface area contributed by atoms with Gasteiger partial charge >= 0.3 is 0 Å². The standard InChI is InChI=1S/C19H24ClN5/c1-14-5-7-16(8-6-14)11-25-19(20)17(15(2)22-25)12-23(3)13-18-21-9-10-24(18)4/h5-10H,11-13H2,1-4H3. The van der Waals surface area contributed by atoms with Gasteiger partial charge in [-0.05, 0) is 26.5 Å². The maximum Gasteiger partial charge on any atom is 0.132 e. The highest BCUT2D eigenvalue weighted by Gasteiger charge is 2.16. The number of aromatic nitrogens is 4. The molecule has 0 bridgehead atoms. The van der Waals surface area contributed by atoms with Gasteiger partial charge in [0.25, 0.3) is 0 Å². The van der Waals surface area contributed by atoms with Crippen molar-refractivity contribution in [1.29, 1.82) is 0 Å². The molecule has 0 aliphatic rings. The molecule has 0 saturated carbocycles. The van der Waals surface area contributed by atoms with Crippen LogP contribution in [0.1, 0.15) is 28.2 Å². The largest absolute Gasteiger partial charge is 0.337 e. The number of halogens is 1. The van der Waals surface area contributed by atoms with Gasteiger partial charge < -0.3 is 4.57 Å². The zero-order valence-corrected chi connectivity index (χ0v) is 16.0. The van der Waals surface area contributed by atoms with E-state index in [1.807, 2.05) is 35.6 Å². The second-order valence-corrected chi connectivity index (χ2v) is 6.98. The topological polar surface area (TPSA) is 38.9 Å². The van der Waals surface area contributed by atoms with E-state index in [-0.39, 0.29) is 0 Å². The maximum atomic E-state index is 6.62. The van der Waals surface area contributed by atoms with Crippen LogP contribution < -0.4 is 0 Å². The van der Waals surface area contributed by atoms with Crippen LogP contribution in [0.15, 0.2) is 36.7 Å². The zero-order chi connectivity index (χ0) is 18.0. The van der Waals surface area contributed by atoms with Gasteiger partial charge in [-0.25, -0.2) is 9.67 Å². The first-order chi connectivity index (χ1) is 11.9. The summed E-state index contributed by atoms with van der Waals surface area (Å²) in [5, 5.41) is 5.35. The second kappa shape index (κ2) is 7.42. The molecule has 0 unspecified atom stereocenters. The van der Waals surface area contributed by atoms with Crippen LogP contribution in [0.5, 0.6) is 0 Å². The molecule has 25 heavy (non-hydrogen) atoms. The van der Waals surface area contributed by atoms with Gasteiger partial charge in [0.05, 0.1) is 18.8 Å². The Morgan fingerprint density at radius 2 is 1.84 bits per heavy atom. The van der Waals surface area contributed by atoms with Crippen molar-refractivity contribution in [2.24, 2.45) is 7.05 Å². The average Bonchev–Trinajstić information content (AvgIpc) is 3.08. The van der Waals surface area contributed by atoms with Gasteiger partial charge in [0.15, 0.2) is 0 Å². The van der Waals surface area contributed by atoms with Crippen LogP contribution in [0.2, 0.25) is 5.15 Å². The fourth-order valence-electron chi connectivity index (χ4n) is 2.86. The number of rotatable bonds is 6. The van der Waals surface area contributed by atoms with Crippen molar-refractivity contribution in [2.45, 2.75) is 33.5 Å². The van der Waals surface area contributed by atoms with Crippen molar-refractivity contribution in [3.8, 4) is 0 Å². The number of nitrogens with zero attached hydrogens (tertiary/aromatic N) is 5. The number of benzene rings is 1. The number of hydrogen-bond donors (Lipinski definition) is 0. The monoisotopic (exact) mass is 357 g/mol. The Morgan fingerprint density at radius 1 is 1.12 bits per heavy atom. The molecule has 0 atom stereocenters. The third kappa shape index (κ3) is 4.11. The highest BCUT2D eigenvalue weighted by Crippen LogP contribution is 2.23. The van der Waals surface area contributed by atoms with E-state index in [4.69, 9.17) is 11.6 Å². The van der Waals surface area contributed by atoms with Crippen molar-refractivity contribution in [2.75, 3.05) is 7.05 Å². The van der Waals surface area contributed by atoms with Gasteiger partial charge in [-0.3, -0.25) is 4.90 Å². The SMILES string of the molecule is Cc1ccc(Cn2nc(C)c(CN(C)Cc3nccn3C)c2Cl)cc1. The summed E-state index contributed by atoms with van der Waals surface area (Å²) < 4.78 is 3.91. The molecule has 3 aromatic rings. The van der Waals surface area contributed by atoms with E-state index in [0.717, 1.165) is 30.2 Å². The summed E-state index contributed by atoms with van der Waals surface area (Å²) in [5.74, 6) is 1.03. The quantitative estimate of drug-likeness (QED) is 0.677. The Kier molecular flexibility index (Phi) is 5.25. The van der Waals surface area contributed by atoms with Gasteiger partial charge in [0, 0.05) is 31.5 Å². The van der Waals surface area contributed by atoms with Crippen LogP contribution >= 0.6 is 11.6 Å². The van der Waals surface area contributed by atoms with E-state index in [9.17, 15) is 0 Å². The summed E-state index contributed by atoms with van der Waals surface area (Å²) in [6.07, 6.45) is 3.78. The highest BCUT2D eigenvalue weighted by atomic mass is 35.5. The molecule has 0 spiro atoms. The number of imidazole rings is 1. The van der Waals surface area contributed by atoms with Crippen LogP contribution in [-0.4, -0.2) is 31.3 Å². The van der Waals surface area contributed by atoms with Gasteiger partial charge in [-0.15, -0.1) is 0 Å². The Labute approximate surface area is 153 Å². The van der Waals surface area contributed by atoms with E-state index in [2.05, 4.69) is 53.2 Å². The third-order valence-corrected chi connectivity index (χ3v) is 4.82. The van der Waals surface area contributed by atoms with Crippen LogP contribution in [0.25, 0.3) is 0 Å². The van der Waals surface area contributed by atoms with Gasteiger partial charge in [0.2, 0.25) is 0 Å². The Morgan fingerprint density at radius 3 is 2.48 bits per heavy atom. The van der Waals surface area contributed by atoms with Gasteiger partial charge in [0.1, 0.15) is 11.0 Å². The minimum Gasteiger partial charge on any atom is -0.337 e. The molecule has 0 fully saturated rings. The predicted molar refractivity (Wildman–Crippen MR) is 101 cm³/mol. The molecule has 0 amide bonds. The van der Waals surface area contributed by atoms with E-state index in [1.54, 1.807) is 0 Å². The molecule has 5 nitrogen and oxygen atoms in total. The van der Waals surface area contributed by atoms with Crippen molar-refractivity contribution >= 4 is 11.6 Å². The van der Waals surface area contributed by atoms with E-state index >= 15 is 0 Å². The van der Waals surface area contributed by atoms with Crippen molar-refractivity contribution < 1.29 is 0 Å². The average molecular weight is 358 g/mol. The molecule has 0 aliphatic carbocycles. The summed E-state index contributed by atoms with van der Waals surface area (Å²) in [6, 6.07) is 8.47. The van der Waals surface area contributed by atoms with Crippen LogP contribution in [-0.2, 0) is 26.7 Å². The molecule has 1 aromatic carbocycles. The van der Waals surface area contributed by atoms with Crippen molar-refractivity contribution in [3.05, 3.63) is 70.0 Å². The van der Waals surface area contributed by atoms with E-state index in [1.165, 1.54) is 11.1 Å². The molecule has 0 aliphatic heterocycles. The minimum atomic E-state index is 0.684. The zero-order valence-electron chi connectivity index (χ0n) is 15.2. The molecule has 132 valence electrons. The lowest BCUT2D eigenvalue weighted by Gasteiger charge is -2.16. The Balaban J connectivity index is 1.73. The van der Waals surface area contributed by atoms with Crippen LogP contribution in [0, 0.1) is 13.8 Å². The molecular weight excluding hydrogens is 334 g/mol. The molecule has 2 heterocycles. The summed E-state index contributed by atoms with van der Waals surface area (Å²) in [7, 11) is 4.08. The molecule has 0 saturated heterocycles. The third-order valence-electron chi connectivity index (χ3n) is 4.40. The summed E-state index contributed by atoms with van der Waals surface area (Å²) in [4.78, 5) is 6.58. The smallest absolute Gasteiger partial charge is 0.132 e. The lowest BCUT2D eigenvalue weighted by Crippen LogP contribution is -2.20. The minimum absolute atomic E-state index is 0.684. The molecular formula is C19H24ClN5. The summed E-state index contributed by atoms with van der Waals surface area (Å²) >= 11 is 6.62. The van der Waals surface area contributed by atoms with Crippen molar-refractivity contribution in [1.82, 2.24) is 24.2 Å². The highest BCUT2D eigenvalue weighted by molar-refractivity contribution is 6.30. The van der Waals surface area contributed by atoms with Gasteiger partial charge in [-0.2, -0.15) is 5.10 Å². The maximum absolute atomic E-state index is 6.62. The molecule has 0 N–H and O–H groups in total. The fourth-order valence-corrected chi connectivity index (χ4v) is 3.15. The molecule has 2 aromatic heterocycles. The summed E-state index contributed by atoms with van der Waals surface area (Å²) in [6.45, 7) is 6.29. The second-order valence-electron chi connectivity index (χ2n) is 6.62. The van der Waals surface area contributed by atoms with Crippen LogP contribution in [0.3, 0.4) is 0 Å². The Hall–Kier alpha value is -2.11. The molecule has 3 rings (SSSR count). The number of hydrogen-bond acceptors (Lipinski definition) is 3. The first-order valence-corrected chi connectivity index (χ1v) is 8.74. The fraction of sp³-hybridized carbons (Fsp3) is 0.368. The summed E-state index contributed by atoms with van der Waals surface area (Å²) in [5.41, 5.74) is 4.50. The van der Waals surface area contributed by atoms with E-state index in [0.29, 0.717) is 11.7 Å². The number of aryl methyl sites for hydroxylation is 3. The first-order valence-electron chi connectivity index (χ1n) is 8.36. The van der Waals surface area contributed by atoms with E-state index < -0.39 is 0 Å². The van der Waals surface area contributed by atoms with Gasteiger partial charge in [-0.1, -0.05) is 41.4 Å². The normalized spacial score (nSPS) is 11.4. The van der Waals surface area contributed by atoms with Crippen molar-refractivity contribution in [3.63, 3.8) is 0 Å². The Bertz CT molecular complexity index is 847. The molecule has 0 radical (unpaired) electrons.